The molecule has 1 aromatic carbocycles. The summed E-state index contributed by atoms with van der Waals surface area (Å²) in [5.74, 6) is 1.35. The normalized spacial score (nSPS) is 11.7. The number of fused-ring (bicyclic) bond motifs is 2. The Morgan fingerprint density at radius 3 is 2.78 bits per heavy atom. The van der Waals surface area contributed by atoms with E-state index in [1.807, 2.05) is 48.7 Å². The summed E-state index contributed by atoms with van der Waals surface area (Å²) in [6, 6.07) is 13.7. The molecule has 0 N–H and O–H groups in total. The average Bonchev–Trinajstić information content (AvgIpc) is 3.31. The maximum absolute atomic E-state index is 5.90. The molecule has 0 saturated carbocycles. The molecule has 4 rings (SSSR count). The lowest BCUT2D eigenvalue weighted by molar-refractivity contribution is 0.242. The van der Waals surface area contributed by atoms with E-state index >= 15 is 0 Å². The van der Waals surface area contributed by atoms with Crippen LogP contribution in [0.2, 0.25) is 0 Å². The van der Waals surface area contributed by atoms with Crippen LogP contribution >= 0.6 is 0 Å². The van der Waals surface area contributed by atoms with Crippen LogP contribution in [0.4, 0.5) is 0 Å². The molecule has 0 aliphatic carbocycles. The predicted octanol–water partition coefficient (Wildman–Crippen LogP) is 4.25. The minimum atomic E-state index is 0.607. The highest BCUT2D eigenvalue weighted by atomic mass is 16.5. The fraction of sp³-hybridized carbons (Fsp3) is 0.333. The molecule has 0 amide bonds. The number of para-hydroxylation sites is 1. The first kappa shape index (κ1) is 17.5. The molecule has 0 atom stereocenters. The third-order valence-electron chi connectivity index (χ3n) is 4.74. The second kappa shape index (κ2) is 7.80. The molecule has 0 aliphatic heterocycles. The van der Waals surface area contributed by atoms with Crippen LogP contribution in [-0.4, -0.2) is 45.7 Å². The van der Waals surface area contributed by atoms with Gasteiger partial charge in [0.15, 0.2) is 11.4 Å². The lowest BCUT2D eigenvalue weighted by Gasteiger charge is -2.17. The van der Waals surface area contributed by atoms with Crippen LogP contribution in [0.15, 0.2) is 53.1 Å². The Kier molecular flexibility index (Phi) is 5.07. The number of aromatic nitrogens is 3. The molecule has 0 saturated heterocycles. The van der Waals surface area contributed by atoms with E-state index in [0.717, 1.165) is 54.1 Å². The monoisotopic (exact) mass is 364 g/mol. The van der Waals surface area contributed by atoms with Crippen molar-refractivity contribution >= 4 is 16.6 Å². The molecular formula is C21H24N4O2. The molecule has 4 aromatic rings. The summed E-state index contributed by atoms with van der Waals surface area (Å²) in [5.41, 5.74) is 2.38. The summed E-state index contributed by atoms with van der Waals surface area (Å²) in [7, 11) is 0. The van der Waals surface area contributed by atoms with Crippen LogP contribution in [0.3, 0.4) is 0 Å². The van der Waals surface area contributed by atoms with Gasteiger partial charge in [0.25, 0.3) is 0 Å². The van der Waals surface area contributed by atoms with Gasteiger partial charge in [-0.1, -0.05) is 32.0 Å². The summed E-state index contributed by atoms with van der Waals surface area (Å²) in [6.07, 6.45) is 2.85. The average molecular weight is 364 g/mol. The maximum Gasteiger partial charge on any atom is 0.231 e. The third-order valence-corrected chi connectivity index (χ3v) is 4.74. The van der Waals surface area contributed by atoms with Gasteiger partial charge in [0.1, 0.15) is 11.3 Å². The van der Waals surface area contributed by atoms with Gasteiger partial charge in [-0.3, -0.25) is 0 Å². The van der Waals surface area contributed by atoms with Gasteiger partial charge >= 0.3 is 0 Å². The largest absolute Gasteiger partial charge is 0.477 e. The van der Waals surface area contributed by atoms with E-state index in [-0.39, 0.29) is 0 Å². The van der Waals surface area contributed by atoms with Crippen LogP contribution in [0.5, 0.6) is 5.88 Å². The van der Waals surface area contributed by atoms with Crippen molar-refractivity contribution in [3.05, 3.63) is 48.7 Å². The van der Waals surface area contributed by atoms with Gasteiger partial charge in [0, 0.05) is 18.0 Å². The van der Waals surface area contributed by atoms with Crippen molar-refractivity contribution in [3.8, 4) is 17.3 Å². The van der Waals surface area contributed by atoms with Crippen molar-refractivity contribution in [3.63, 3.8) is 0 Å². The standard InChI is InChI=1S/C21H24N4O2/c1-3-24(4-2)12-7-13-26-21-11-10-20-22-17(15-25(20)23-21)19-14-16-8-5-6-9-18(16)27-19/h5-6,8-11,14-15H,3-4,7,12-13H2,1-2H3. The molecule has 140 valence electrons. The van der Waals surface area contributed by atoms with Gasteiger partial charge in [-0.25, -0.2) is 9.50 Å². The van der Waals surface area contributed by atoms with Crippen LogP contribution in [-0.2, 0) is 0 Å². The van der Waals surface area contributed by atoms with E-state index in [4.69, 9.17) is 9.15 Å². The van der Waals surface area contributed by atoms with Crippen molar-refractivity contribution in [2.75, 3.05) is 26.2 Å². The van der Waals surface area contributed by atoms with E-state index in [1.165, 1.54) is 0 Å². The fourth-order valence-corrected chi connectivity index (χ4v) is 3.17. The predicted molar refractivity (Wildman–Crippen MR) is 106 cm³/mol. The molecule has 0 unspecified atom stereocenters. The molecule has 0 spiro atoms. The zero-order valence-corrected chi connectivity index (χ0v) is 15.8. The fourth-order valence-electron chi connectivity index (χ4n) is 3.17. The second-order valence-corrected chi connectivity index (χ2v) is 6.48. The number of ether oxygens (including phenoxy) is 1. The smallest absolute Gasteiger partial charge is 0.231 e. The molecule has 0 bridgehead atoms. The molecule has 3 heterocycles. The summed E-state index contributed by atoms with van der Waals surface area (Å²) in [6.45, 7) is 8.19. The molecular weight excluding hydrogens is 340 g/mol. The van der Waals surface area contributed by atoms with Gasteiger partial charge in [-0.15, -0.1) is 5.10 Å². The van der Waals surface area contributed by atoms with Crippen molar-refractivity contribution in [1.82, 2.24) is 19.5 Å². The summed E-state index contributed by atoms with van der Waals surface area (Å²) < 4.78 is 13.4. The Balaban J connectivity index is 1.47. The lowest BCUT2D eigenvalue weighted by atomic mass is 10.2. The van der Waals surface area contributed by atoms with Gasteiger partial charge in [0.05, 0.1) is 12.8 Å². The van der Waals surface area contributed by atoms with Crippen LogP contribution in [0.25, 0.3) is 28.1 Å². The Morgan fingerprint density at radius 2 is 1.96 bits per heavy atom. The van der Waals surface area contributed by atoms with Crippen molar-refractivity contribution in [2.45, 2.75) is 20.3 Å². The van der Waals surface area contributed by atoms with Gasteiger partial charge < -0.3 is 14.1 Å². The first-order valence-corrected chi connectivity index (χ1v) is 9.47. The topological polar surface area (TPSA) is 55.8 Å². The van der Waals surface area contributed by atoms with Crippen molar-refractivity contribution in [1.29, 1.82) is 0 Å². The second-order valence-electron chi connectivity index (χ2n) is 6.48. The first-order chi connectivity index (χ1) is 13.3. The van der Waals surface area contributed by atoms with E-state index in [0.29, 0.717) is 12.5 Å². The highest BCUT2D eigenvalue weighted by molar-refractivity contribution is 5.82. The zero-order valence-electron chi connectivity index (χ0n) is 15.8. The number of benzene rings is 1. The molecule has 6 heteroatoms. The lowest BCUT2D eigenvalue weighted by Crippen LogP contribution is -2.25. The van der Waals surface area contributed by atoms with Crippen LogP contribution in [0, 0.1) is 0 Å². The molecule has 6 nitrogen and oxygen atoms in total. The number of nitrogens with zero attached hydrogens (tertiary/aromatic N) is 4. The van der Waals surface area contributed by atoms with Gasteiger partial charge in [-0.2, -0.15) is 0 Å². The van der Waals surface area contributed by atoms with E-state index in [9.17, 15) is 0 Å². The minimum Gasteiger partial charge on any atom is -0.477 e. The number of hydrogen-bond donors (Lipinski definition) is 0. The molecule has 3 aromatic heterocycles. The Hall–Kier alpha value is -2.86. The van der Waals surface area contributed by atoms with Crippen molar-refractivity contribution < 1.29 is 9.15 Å². The number of hydrogen-bond acceptors (Lipinski definition) is 5. The Bertz CT molecular complexity index is 1000. The summed E-state index contributed by atoms with van der Waals surface area (Å²) >= 11 is 0. The third kappa shape index (κ3) is 3.80. The van der Waals surface area contributed by atoms with Gasteiger partial charge in [0.2, 0.25) is 5.88 Å². The molecule has 27 heavy (non-hydrogen) atoms. The number of imidazole rings is 1. The molecule has 0 radical (unpaired) electrons. The Labute approximate surface area is 158 Å². The number of rotatable bonds is 8. The highest BCUT2D eigenvalue weighted by Gasteiger charge is 2.11. The first-order valence-electron chi connectivity index (χ1n) is 9.47. The Morgan fingerprint density at radius 1 is 1.11 bits per heavy atom. The summed E-state index contributed by atoms with van der Waals surface area (Å²) in [4.78, 5) is 6.99. The van der Waals surface area contributed by atoms with Gasteiger partial charge in [-0.05, 0) is 37.7 Å². The minimum absolute atomic E-state index is 0.607. The molecule has 0 fully saturated rings. The maximum atomic E-state index is 5.90. The van der Waals surface area contributed by atoms with Crippen LogP contribution < -0.4 is 4.74 Å². The van der Waals surface area contributed by atoms with E-state index in [1.54, 1.807) is 4.52 Å². The van der Waals surface area contributed by atoms with Crippen LogP contribution in [0.1, 0.15) is 20.3 Å². The SMILES string of the molecule is CCN(CC)CCCOc1ccc2nc(-c3cc4ccccc4o3)cn2n1. The molecule has 0 aliphatic rings. The van der Waals surface area contributed by atoms with E-state index in [2.05, 4.69) is 28.8 Å². The highest BCUT2D eigenvalue weighted by Crippen LogP contribution is 2.27. The van der Waals surface area contributed by atoms with E-state index < -0.39 is 0 Å². The quantitative estimate of drug-likeness (QED) is 0.437. The zero-order chi connectivity index (χ0) is 18.6. The van der Waals surface area contributed by atoms with Crippen molar-refractivity contribution in [2.24, 2.45) is 0 Å². The summed E-state index contributed by atoms with van der Waals surface area (Å²) in [5, 5.41) is 5.57. The number of furan rings is 1.